The van der Waals surface area contributed by atoms with E-state index in [4.69, 9.17) is 9.47 Å². The van der Waals surface area contributed by atoms with Crippen LogP contribution in [0.25, 0.3) is 0 Å². The zero-order valence-electron chi connectivity index (χ0n) is 20.7. The van der Waals surface area contributed by atoms with Crippen molar-refractivity contribution < 1.29 is 23.9 Å². The highest BCUT2D eigenvalue weighted by atomic mass is 16.5. The van der Waals surface area contributed by atoms with Gasteiger partial charge < -0.3 is 9.47 Å². The van der Waals surface area contributed by atoms with E-state index in [0.717, 1.165) is 12.7 Å². The molecule has 1 aliphatic rings. The summed E-state index contributed by atoms with van der Waals surface area (Å²) in [4.78, 5) is 58.7. The molecule has 1 amide bonds. The minimum atomic E-state index is -0.948. The van der Waals surface area contributed by atoms with Gasteiger partial charge in [-0.3, -0.25) is 19.1 Å². The molecule has 9 heteroatoms. The largest absolute Gasteiger partial charge is 0.464 e. The summed E-state index contributed by atoms with van der Waals surface area (Å²) in [6.45, 7) is 0. The molecule has 3 aromatic carbocycles. The molecule has 1 atom stereocenters. The molecule has 0 spiro atoms. The molecule has 0 fully saturated rings. The van der Waals surface area contributed by atoms with Gasteiger partial charge in [0.25, 0.3) is 11.5 Å². The van der Waals surface area contributed by atoms with Crippen molar-refractivity contribution in [2.24, 2.45) is 7.05 Å². The van der Waals surface area contributed by atoms with Crippen molar-refractivity contribution in [1.29, 1.82) is 0 Å². The van der Waals surface area contributed by atoms with Crippen molar-refractivity contribution in [3.05, 3.63) is 123 Å². The Morgan fingerprint density at radius 1 is 0.842 bits per heavy atom. The van der Waals surface area contributed by atoms with Gasteiger partial charge in [-0.2, -0.15) is 0 Å². The molecule has 38 heavy (non-hydrogen) atoms. The molecule has 4 aromatic rings. The molecule has 1 unspecified atom stereocenters. The third kappa shape index (κ3) is 4.34. The number of aromatic nitrogens is 2. The number of benzene rings is 3. The summed E-state index contributed by atoms with van der Waals surface area (Å²) in [5, 5.41) is 0. The van der Waals surface area contributed by atoms with Crippen LogP contribution in [0.3, 0.4) is 0 Å². The SMILES string of the molecule is COC(=O)c1nc(C2Cc3ccccc3N2C(=O)c2ccccc2)n(C)c(=O)c1OC(=O)c1ccccc1. The van der Waals surface area contributed by atoms with Gasteiger partial charge >= 0.3 is 11.9 Å². The first kappa shape index (κ1) is 24.6. The number of nitrogens with zero attached hydrogens (tertiary/aromatic N) is 3. The van der Waals surface area contributed by atoms with Crippen molar-refractivity contribution in [3.8, 4) is 5.75 Å². The maximum atomic E-state index is 13.7. The summed E-state index contributed by atoms with van der Waals surface area (Å²) in [5.74, 6) is -2.45. The molecule has 0 radical (unpaired) electrons. The molecule has 1 aliphatic heterocycles. The van der Waals surface area contributed by atoms with Gasteiger partial charge in [0.05, 0.1) is 18.7 Å². The number of carbonyl (C=O) groups is 3. The third-order valence-corrected chi connectivity index (χ3v) is 6.38. The summed E-state index contributed by atoms with van der Waals surface area (Å²) < 4.78 is 11.4. The minimum absolute atomic E-state index is 0.149. The Hall–Kier alpha value is -5.05. The number of para-hydroxylation sites is 1. The quantitative estimate of drug-likeness (QED) is 0.377. The smallest absolute Gasteiger partial charge is 0.360 e. The minimum Gasteiger partial charge on any atom is -0.464 e. The van der Waals surface area contributed by atoms with E-state index < -0.39 is 35.0 Å². The van der Waals surface area contributed by atoms with Crippen LogP contribution >= 0.6 is 0 Å². The van der Waals surface area contributed by atoms with E-state index in [0.29, 0.717) is 17.7 Å². The summed E-state index contributed by atoms with van der Waals surface area (Å²) in [6, 6.07) is 23.5. The predicted molar refractivity (Wildman–Crippen MR) is 138 cm³/mol. The number of fused-ring (bicyclic) bond motifs is 1. The average molecular weight is 510 g/mol. The second-order valence-electron chi connectivity index (χ2n) is 8.65. The number of methoxy groups -OCH3 is 1. The summed E-state index contributed by atoms with van der Waals surface area (Å²) in [5.41, 5.74) is 1.01. The Labute approximate surface area is 217 Å². The van der Waals surface area contributed by atoms with E-state index in [1.54, 1.807) is 47.4 Å². The molecule has 9 nitrogen and oxygen atoms in total. The molecule has 0 saturated heterocycles. The van der Waals surface area contributed by atoms with Crippen LogP contribution in [-0.2, 0) is 18.2 Å². The lowest BCUT2D eigenvalue weighted by molar-refractivity contribution is 0.0583. The number of esters is 2. The first-order valence-corrected chi connectivity index (χ1v) is 11.8. The number of carbonyl (C=O) groups excluding carboxylic acids is 3. The Kier molecular flexibility index (Phi) is 6.57. The van der Waals surface area contributed by atoms with Crippen LogP contribution < -0.4 is 15.2 Å². The highest BCUT2D eigenvalue weighted by Gasteiger charge is 2.39. The molecule has 2 heterocycles. The Morgan fingerprint density at radius 3 is 2.11 bits per heavy atom. The summed E-state index contributed by atoms with van der Waals surface area (Å²) in [6.07, 6.45) is 0.360. The average Bonchev–Trinajstić information content (AvgIpc) is 3.35. The van der Waals surface area contributed by atoms with E-state index >= 15 is 0 Å². The number of hydrogen-bond acceptors (Lipinski definition) is 7. The number of anilines is 1. The fourth-order valence-corrected chi connectivity index (χ4v) is 4.51. The fourth-order valence-electron chi connectivity index (χ4n) is 4.51. The van der Waals surface area contributed by atoms with Crippen molar-refractivity contribution in [1.82, 2.24) is 9.55 Å². The Bertz CT molecular complexity index is 1600. The van der Waals surface area contributed by atoms with Crippen LogP contribution in [0.4, 0.5) is 5.69 Å². The van der Waals surface area contributed by atoms with Gasteiger partial charge in [-0.05, 0) is 35.9 Å². The van der Waals surface area contributed by atoms with Gasteiger partial charge in [0.15, 0.2) is 5.69 Å². The van der Waals surface area contributed by atoms with Crippen LogP contribution in [0.2, 0.25) is 0 Å². The second-order valence-corrected chi connectivity index (χ2v) is 8.65. The number of hydrogen-bond donors (Lipinski definition) is 0. The van der Waals surface area contributed by atoms with E-state index in [2.05, 4.69) is 4.98 Å². The van der Waals surface area contributed by atoms with Crippen LogP contribution in [0, 0.1) is 0 Å². The highest BCUT2D eigenvalue weighted by molar-refractivity contribution is 6.07. The highest BCUT2D eigenvalue weighted by Crippen LogP contribution is 2.40. The standard InChI is InChI=1S/C29H23N3O6/c1-31-25(22-17-20-15-9-10-16-21(20)32(22)26(33)18-11-5-3-6-12-18)30-23(29(36)37-2)24(27(31)34)38-28(35)19-13-7-4-8-14-19/h3-16,22H,17H2,1-2H3. The van der Waals surface area contributed by atoms with Crippen LogP contribution in [0.5, 0.6) is 5.75 Å². The number of ether oxygens (including phenoxy) is 2. The molecule has 1 aromatic heterocycles. The molecule has 0 N–H and O–H groups in total. The third-order valence-electron chi connectivity index (χ3n) is 6.38. The van der Waals surface area contributed by atoms with E-state index in [9.17, 15) is 19.2 Å². The van der Waals surface area contributed by atoms with Crippen LogP contribution in [0.15, 0.2) is 89.7 Å². The number of amides is 1. The van der Waals surface area contributed by atoms with Crippen molar-refractivity contribution >= 4 is 23.5 Å². The lowest BCUT2D eigenvalue weighted by Crippen LogP contribution is -2.38. The number of rotatable bonds is 5. The van der Waals surface area contributed by atoms with Crippen molar-refractivity contribution in [2.75, 3.05) is 12.0 Å². The Morgan fingerprint density at radius 2 is 1.45 bits per heavy atom. The lowest BCUT2D eigenvalue weighted by Gasteiger charge is -2.27. The zero-order chi connectivity index (χ0) is 26.8. The van der Waals surface area contributed by atoms with Gasteiger partial charge in [-0.15, -0.1) is 0 Å². The maximum Gasteiger partial charge on any atom is 0.360 e. The van der Waals surface area contributed by atoms with E-state index in [1.165, 1.54) is 23.7 Å². The van der Waals surface area contributed by atoms with Gasteiger partial charge in [0.2, 0.25) is 5.75 Å². The zero-order valence-corrected chi connectivity index (χ0v) is 20.7. The monoisotopic (exact) mass is 509 g/mol. The molecule has 5 rings (SSSR count). The molecular weight excluding hydrogens is 486 g/mol. The predicted octanol–water partition coefficient (Wildman–Crippen LogP) is 3.73. The van der Waals surface area contributed by atoms with Gasteiger partial charge in [0, 0.05) is 24.7 Å². The van der Waals surface area contributed by atoms with Gasteiger partial charge in [0.1, 0.15) is 5.82 Å². The normalized spacial score (nSPS) is 14.1. The fraction of sp³-hybridized carbons (Fsp3) is 0.138. The van der Waals surface area contributed by atoms with Crippen LogP contribution in [-0.4, -0.2) is 34.5 Å². The topological polar surface area (TPSA) is 108 Å². The lowest BCUT2D eigenvalue weighted by atomic mass is 10.1. The second kappa shape index (κ2) is 10.1. The summed E-state index contributed by atoms with van der Waals surface area (Å²) in [7, 11) is 2.60. The molecule has 0 bridgehead atoms. The first-order chi connectivity index (χ1) is 18.4. The molecule has 0 saturated carbocycles. The Balaban J connectivity index is 1.63. The molecule has 190 valence electrons. The summed E-state index contributed by atoms with van der Waals surface area (Å²) >= 11 is 0. The van der Waals surface area contributed by atoms with E-state index in [1.807, 2.05) is 30.3 Å². The maximum absolute atomic E-state index is 13.7. The van der Waals surface area contributed by atoms with Gasteiger partial charge in [-0.1, -0.05) is 54.6 Å². The van der Waals surface area contributed by atoms with Gasteiger partial charge in [-0.25, -0.2) is 14.6 Å². The van der Waals surface area contributed by atoms with Crippen molar-refractivity contribution in [2.45, 2.75) is 12.5 Å². The first-order valence-electron chi connectivity index (χ1n) is 11.8. The van der Waals surface area contributed by atoms with E-state index in [-0.39, 0.29) is 17.3 Å². The molecular formula is C29H23N3O6. The van der Waals surface area contributed by atoms with Crippen LogP contribution in [0.1, 0.15) is 48.6 Å². The van der Waals surface area contributed by atoms with Crippen molar-refractivity contribution in [3.63, 3.8) is 0 Å². The molecule has 0 aliphatic carbocycles.